The highest BCUT2D eigenvalue weighted by Crippen LogP contribution is 2.30. The van der Waals surface area contributed by atoms with Crippen molar-refractivity contribution in [2.75, 3.05) is 4.90 Å². The van der Waals surface area contributed by atoms with E-state index in [-0.39, 0.29) is 18.1 Å². The lowest BCUT2D eigenvalue weighted by atomic mass is 10.2. The van der Waals surface area contributed by atoms with E-state index in [1.54, 1.807) is 19.1 Å². The third-order valence-electron chi connectivity index (χ3n) is 4.56. The number of carbonyl (C=O) groups excluding carboxylic acids is 2. The van der Waals surface area contributed by atoms with Gasteiger partial charge in [0.25, 0.3) is 5.91 Å². The number of imide groups is 1. The average molecular weight is 433 g/mol. The summed E-state index contributed by atoms with van der Waals surface area (Å²) >= 11 is 0. The Bertz CT molecular complexity index is 1100. The molecule has 1 unspecified atom stereocenters. The number of anilines is 1. The highest BCUT2D eigenvalue weighted by atomic mass is 19.4. The fraction of sp³-hybridized carbons (Fsp3) is 0.222. The second-order valence-electron chi connectivity index (χ2n) is 6.59. The van der Waals surface area contributed by atoms with Crippen LogP contribution < -0.4 is 9.64 Å². The van der Waals surface area contributed by atoms with E-state index in [1.807, 2.05) is 0 Å². The molecule has 1 atom stereocenters. The van der Waals surface area contributed by atoms with E-state index < -0.39 is 30.1 Å². The molecule has 13 heteroatoms. The van der Waals surface area contributed by atoms with Crippen LogP contribution in [0.5, 0.6) is 5.75 Å². The lowest BCUT2D eigenvalue weighted by molar-refractivity contribution is -0.274. The number of rotatable bonds is 5. The fourth-order valence-corrected chi connectivity index (χ4v) is 3.11. The second kappa shape index (κ2) is 7.66. The van der Waals surface area contributed by atoms with Gasteiger partial charge in [0.1, 0.15) is 17.5 Å². The molecule has 2 aromatic heterocycles. The Hall–Kier alpha value is -4.03. The van der Waals surface area contributed by atoms with E-state index in [1.165, 1.54) is 23.2 Å². The number of tetrazole rings is 1. The maximum Gasteiger partial charge on any atom is 0.573 e. The van der Waals surface area contributed by atoms with Crippen LogP contribution in [0.25, 0.3) is 11.5 Å². The number of amides is 3. The zero-order valence-electron chi connectivity index (χ0n) is 15.9. The predicted molar refractivity (Wildman–Crippen MR) is 98.4 cm³/mol. The van der Waals surface area contributed by atoms with Gasteiger partial charge < -0.3 is 9.64 Å². The van der Waals surface area contributed by atoms with Crippen molar-refractivity contribution in [3.05, 3.63) is 48.2 Å². The van der Waals surface area contributed by atoms with Gasteiger partial charge in [0.15, 0.2) is 0 Å². The number of nitrogens with zero attached hydrogens (tertiary/aromatic N) is 6. The third-order valence-corrected chi connectivity index (χ3v) is 4.56. The van der Waals surface area contributed by atoms with Crippen LogP contribution in [0.4, 0.5) is 23.7 Å². The normalized spacial score (nSPS) is 16.8. The van der Waals surface area contributed by atoms with Crippen molar-refractivity contribution in [1.82, 2.24) is 30.5 Å². The van der Waals surface area contributed by atoms with Gasteiger partial charge in [0.2, 0.25) is 5.82 Å². The number of hydrogen-bond acceptors (Lipinski definition) is 7. The first-order chi connectivity index (χ1) is 14.7. The van der Waals surface area contributed by atoms with E-state index in [9.17, 15) is 22.8 Å². The van der Waals surface area contributed by atoms with E-state index in [0.29, 0.717) is 11.3 Å². The fourth-order valence-electron chi connectivity index (χ4n) is 3.11. The molecular weight excluding hydrogens is 419 g/mol. The second-order valence-corrected chi connectivity index (χ2v) is 6.59. The first-order valence-corrected chi connectivity index (χ1v) is 8.92. The number of carbonyl (C=O) groups is 2. The van der Waals surface area contributed by atoms with Crippen LogP contribution in [0.15, 0.2) is 42.6 Å². The van der Waals surface area contributed by atoms with Gasteiger partial charge in [-0.25, -0.2) is 9.69 Å². The minimum absolute atomic E-state index is 0.102. The molecule has 1 aliphatic heterocycles. The molecule has 1 aromatic carbocycles. The van der Waals surface area contributed by atoms with Crippen LogP contribution in [0.1, 0.15) is 12.5 Å². The summed E-state index contributed by atoms with van der Waals surface area (Å²) in [6, 6.07) is 6.48. The number of halogens is 3. The van der Waals surface area contributed by atoms with Gasteiger partial charge >= 0.3 is 12.4 Å². The number of pyridine rings is 1. The van der Waals surface area contributed by atoms with E-state index in [2.05, 4.69) is 30.3 Å². The van der Waals surface area contributed by atoms with E-state index >= 15 is 0 Å². The molecule has 0 radical (unpaired) electrons. The van der Waals surface area contributed by atoms with Crippen molar-refractivity contribution >= 4 is 17.6 Å². The van der Waals surface area contributed by atoms with Gasteiger partial charge in [-0.05, 0) is 54.1 Å². The molecule has 160 valence electrons. The number of aromatic nitrogens is 5. The number of alkyl halides is 3. The summed E-state index contributed by atoms with van der Waals surface area (Å²) in [6.45, 7) is 1.67. The van der Waals surface area contributed by atoms with Crippen LogP contribution >= 0.6 is 0 Å². The highest BCUT2D eigenvalue weighted by Gasteiger charge is 2.43. The number of hydrogen-bond donors (Lipinski definition) is 1. The van der Waals surface area contributed by atoms with Gasteiger partial charge in [-0.1, -0.05) is 0 Å². The van der Waals surface area contributed by atoms with Crippen LogP contribution in [-0.4, -0.2) is 54.9 Å². The molecule has 10 nitrogen and oxygen atoms in total. The molecule has 3 heterocycles. The maximum atomic E-state index is 12.9. The summed E-state index contributed by atoms with van der Waals surface area (Å²) < 4.78 is 40.8. The first kappa shape index (κ1) is 20.3. The first-order valence-electron chi connectivity index (χ1n) is 8.92. The summed E-state index contributed by atoms with van der Waals surface area (Å²) in [4.78, 5) is 32.0. The quantitative estimate of drug-likeness (QED) is 0.615. The Morgan fingerprint density at radius 3 is 2.55 bits per heavy atom. The highest BCUT2D eigenvalue weighted by molar-refractivity contribution is 6.21. The summed E-state index contributed by atoms with van der Waals surface area (Å²) in [5.74, 6) is -0.672. The van der Waals surface area contributed by atoms with Crippen LogP contribution in [0.3, 0.4) is 0 Å². The van der Waals surface area contributed by atoms with Crippen molar-refractivity contribution in [2.24, 2.45) is 0 Å². The monoisotopic (exact) mass is 433 g/mol. The smallest absolute Gasteiger partial charge is 0.406 e. The molecule has 1 saturated heterocycles. The zero-order valence-corrected chi connectivity index (χ0v) is 15.9. The zero-order chi connectivity index (χ0) is 22.2. The molecule has 0 spiro atoms. The van der Waals surface area contributed by atoms with Crippen LogP contribution in [-0.2, 0) is 11.3 Å². The largest absolute Gasteiger partial charge is 0.573 e. The molecule has 0 bridgehead atoms. The molecular formula is C18H14F3N7O3. The lowest BCUT2D eigenvalue weighted by Crippen LogP contribution is -2.33. The number of benzene rings is 1. The molecule has 1 N–H and O–H groups in total. The van der Waals surface area contributed by atoms with Crippen molar-refractivity contribution < 1.29 is 27.5 Å². The molecule has 31 heavy (non-hydrogen) atoms. The SMILES string of the molecule is CC1C(=O)N(c2ccc(OC(F)(F)F)cc2)C(=O)N1Cc1ccnc(-c2nn[nH]n2)c1. The molecule has 4 rings (SSSR count). The summed E-state index contributed by atoms with van der Waals surface area (Å²) in [5.41, 5.74) is 1.26. The van der Waals surface area contributed by atoms with E-state index in [0.717, 1.165) is 17.0 Å². The number of aromatic amines is 1. The Labute approximate surface area is 172 Å². The average Bonchev–Trinajstić information content (AvgIpc) is 3.32. The molecule has 1 aliphatic rings. The minimum atomic E-state index is -4.84. The van der Waals surface area contributed by atoms with Crippen LogP contribution in [0.2, 0.25) is 0 Å². The molecule has 3 aromatic rings. The van der Waals surface area contributed by atoms with Gasteiger partial charge in [0, 0.05) is 12.7 Å². The van der Waals surface area contributed by atoms with Gasteiger partial charge in [-0.2, -0.15) is 5.21 Å². The van der Waals surface area contributed by atoms with Gasteiger partial charge in [0.05, 0.1) is 5.69 Å². The van der Waals surface area contributed by atoms with Crippen LogP contribution in [0, 0.1) is 0 Å². The Morgan fingerprint density at radius 1 is 1.16 bits per heavy atom. The van der Waals surface area contributed by atoms with Crippen molar-refractivity contribution in [3.8, 4) is 17.3 Å². The molecule has 0 saturated carbocycles. The van der Waals surface area contributed by atoms with E-state index in [4.69, 9.17) is 0 Å². The van der Waals surface area contributed by atoms with Crippen molar-refractivity contribution in [2.45, 2.75) is 25.9 Å². The number of ether oxygens (including phenoxy) is 1. The lowest BCUT2D eigenvalue weighted by Gasteiger charge is -2.19. The van der Waals surface area contributed by atoms with Crippen molar-refractivity contribution in [3.63, 3.8) is 0 Å². The van der Waals surface area contributed by atoms with Crippen molar-refractivity contribution in [1.29, 1.82) is 0 Å². The number of H-pyrrole nitrogens is 1. The molecule has 1 fully saturated rings. The molecule has 0 aliphatic carbocycles. The minimum Gasteiger partial charge on any atom is -0.406 e. The Morgan fingerprint density at radius 2 is 1.90 bits per heavy atom. The molecule has 3 amide bonds. The third kappa shape index (κ3) is 4.15. The Balaban J connectivity index is 1.53. The van der Waals surface area contributed by atoms with Gasteiger partial charge in [-0.3, -0.25) is 9.78 Å². The topological polar surface area (TPSA) is 117 Å². The number of urea groups is 1. The van der Waals surface area contributed by atoms with Gasteiger partial charge in [-0.15, -0.1) is 23.4 Å². The predicted octanol–water partition coefficient (Wildman–Crippen LogP) is 2.52. The summed E-state index contributed by atoms with van der Waals surface area (Å²) in [5, 5.41) is 13.5. The summed E-state index contributed by atoms with van der Waals surface area (Å²) in [6.07, 6.45) is -3.32. The number of nitrogens with one attached hydrogen (secondary N) is 1. The summed E-state index contributed by atoms with van der Waals surface area (Å²) in [7, 11) is 0. The Kier molecular flexibility index (Phi) is 5.01. The maximum absolute atomic E-state index is 12.9. The standard InChI is InChI=1S/C18H14F3N7O3/c1-10-16(29)28(12-2-4-13(5-3-12)31-18(19,20)21)17(30)27(10)9-11-6-7-22-14(8-11)15-23-25-26-24-15/h2-8,10H,9H2,1H3,(H,23,24,25,26).